The predicted octanol–water partition coefficient (Wildman–Crippen LogP) is 4.27. The lowest BCUT2D eigenvalue weighted by atomic mass is 10.2. The second-order valence-corrected chi connectivity index (χ2v) is 7.06. The van der Waals surface area contributed by atoms with Gasteiger partial charge in [0.1, 0.15) is 5.82 Å². The van der Waals surface area contributed by atoms with Crippen LogP contribution in [0, 0.1) is 6.92 Å². The molecule has 0 spiro atoms. The quantitative estimate of drug-likeness (QED) is 0.667. The van der Waals surface area contributed by atoms with Crippen molar-refractivity contribution in [1.29, 1.82) is 0 Å². The summed E-state index contributed by atoms with van der Waals surface area (Å²) in [6, 6.07) is 23.1. The molecule has 1 fully saturated rings. The minimum Gasteiger partial charge on any atom is -0.368 e. The topological polar surface area (TPSA) is 35.5 Å². The molecule has 0 bridgehead atoms. The Hall–Kier alpha value is -3.08. The number of hydrogen-bond donors (Lipinski definition) is 0. The highest BCUT2D eigenvalue weighted by Crippen LogP contribution is 2.25. The molecule has 1 aromatic heterocycles. The maximum absolute atomic E-state index is 4.92. The van der Waals surface area contributed by atoms with E-state index in [4.69, 9.17) is 9.97 Å². The molecule has 3 aromatic rings. The highest BCUT2D eigenvalue weighted by molar-refractivity contribution is 5.59. The fraction of sp³-hybridized carbons (Fsp3) is 0.304. The first-order valence-corrected chi connectivity index (χ1v) is 9.98. The van der Waals surface area contributed by atoms with E-state index in [1.54, 1.807) is 0 Å². The van der Waals surface area contributed by atoms with Crippen LogP contribution >= 0.6 is 0 Å². The van der Waals surface area contributed by atoms with Gasteiger partial charge in [0.25, 0.3) is 0 Å². The molecule has 1 aliphatic rings. The number of aromatic nitrogens is 2. The average Bonchev–Trinajstić information content (AvgIpc) is 2.75. The number of nitrogens with zero attached hydrogens (tertiary/aromatic N) is 5. The van der Waals surface area contributed by atoms with Gasteiger partial charge >= 0.3 is 0 Å². The lowest BCUT2D eigenvalue weighted by Crippen LogP contribution is -2.47. The van der Waals surface area contributed by atoms with E-state index in [1.807, 2.05) is 13.0 Å². The Kier molecular flexibility index (Phi) is 5.42. The van der Waals surface area contributed by atoms with Gasteiger partial charge in [0, 0.05) is 55.9 Å². The van der Waals surface area contributed by atoms with Crippen molar-refractivity contribution in [2.45, 2.75) is 13.8 Å². The van der Waals surface area contributed by atoms with Crippen LogP contribution in [0.25, 0.3) is 0 Å². The first kappa shape index (κ1) is 18.3. The van der Waals surface area contributed by atoms with Crippen LogP contribution in [0.3, 0.4) is 0 Å². The smallest absolute Gasteiger partial charge is 0.232 e. The largest absolute Gasteiger partial charge is 0.368 e. The van der Waals surface area contributed by atoms with Crippen LogP contribution in [0.5, 0.6) is 0 Å². The van der Waals surface area contributed by atoms with Crippen molar-refractivity contribution in [3.05, 3.63) is 72.4 Å². The third-order valence-corrected chi connectivity index (χ3v) is 5.18. The van der Waals surface area contributed by atoms with E-state index in [-0.39, 0.29) is 0 Å². The molecule has 144 valence electrons. The first-order valence-electron chi connectivity index (χ1n) is 9.98. The average molecular weight is 374 g/mol. The molecule has 2 aromatic carbocycles. The SMILES string of the molecule is CCN(c1ccccc1)c1nc(C)cc(N2CCN(c3ccccc3)CC2)n1. The molecular weight excluding hydrogens is 346 g/mol. The highest BCUT2D eigenvalue weighted by atomic mass is 15.3. The van der Waals surface area contributed by atoms with Gasteiger partial charge in [0.05, 0.1) is 0 Å². The molecule has 0 radical (unpaired) electrons. The second-order valence-electron chi connectivity index (χ2n) is 7.06. The summed E-state index contributed by atoms with van der Waals surface area (Å²) in [6.07, 6.45) is 0. The van der Waals surface area contributed by atoms with E-state index in [0.29, 0.717) is 0 Å². The molecule has 0 atom stereocenters. The molecule has 0 aliphatic carbocycles. The molecule has 0 saturated carbocycles. The Morgan fingerprint density at radius 2 is 1.43 bits per heavy atom. The second kappa shape index (κ2) is 8.30. The van der Waals surface area contributed by atoms with Crippen LogP contribution in [-0.4, -0.2) is 42.7 Å². The number of benzene rings is 2. The summed E-state index contributed by atoms with van der Waals surface area (Å²) in [6.45, 7) is 8.93. The summed E-state index contributed by atoms with van der Waals surface area (Å²) in [5.74, 6) is 1.79. The van der Waals surface area contributed by atoms with Crippen molar-refractivity contribution in [3.8, 4) is 0 Å². The predicted molar refractivity (Wildman–Crippen MR) is 117 cm³/mol. The minimum atomic E-state index is 0.772. The van der Waals surface area contributed by atoms with E-state index >= 15 is 0 Å². The Morgan fingerprint density at radius 1 is 0.821 bits per heavy atom. The number of aryl methyl sites for hydroxylation is 1. The Balaban J connectivity index is 1.53. The maximum Gasteiger partial charge on any atom is 0.232 e. The van der Waals surface area contributed by atoms with Gasteiger partial charge in [-0.25, -0.2) is 4.98 Å². The number of hydrogen-bond acceptors (Lipinski definition) is 5. The van der Waals surface area contributed by atoms with Crippen LogP contribution in [-0.2, 0) is 0 Å². The minimum absolute atomic E-state index is 0.772. The molecular formula is C23H27N5. The van der Waals surface area contributed by atoms with Crippen molar-refractivity contribution in [1.82, 2.24) is 9.97 Å². The van der Waals surface area contributed by atoms with Gasteiger partial charge in [0.15, 0.2) is 0 Å². The molecule has 0 N–H and O–H groups in total. The zero-order valence-corrected chi connectivity index (χ0v) is 16.6. The van der Waals surface area contributed by atoms with Crippen molar-refractivity contribution in [2.75, 3.05) is 47.4 Å². The highest BCUT2D eigenvalue weighted by Gasteiger charge is 2.20. The van der Waals surface area contributed by atoms with Gasteiger partial charge in [-0.05, 0) is 38.1 Å². The zero-order chi connectivity index (χ0) is 19.3. The summed E-state index contributed by atoms with van der Waals surface area (Å²) < 4.78 is 0. The van der Waals surface area contributed by atoms with E-state index in [1.165, 1.54) is 5.69 Å². The van der Waals surface area contributed by atoms with E-state index in [2.05, 4.69) is 82.3 Å². The van der Waals surface area contributed by atoms with Crippen LogP contribution in [0.1, 0.15) is 12.6 Å². The zero-order valence-electron chi connectivity index (χ0n) is 16.6. The van der Waals surface area contributed by atoms with Crippen molar-refractivity contribution < 1.29 is 0 Å². The Bertz CT molecular complexity index is 889. The van der Waals surface area contributed by atoms with Crippen LogP contribution in [0.2, 0.25) is 0 Å². The molecule has 28 heavy (non-hydrogen) atoms. The van der Waals surface area contributed by atoms with Crippen molar-refractivity contribution >= 4 is 23.1 Å². The molecule has 2 heterocycles. The number of para-hydroxylation sites is 2. The fourth-order valence-corrected chi connectivity index (χ4v) is 3.70. The number of rotatable bonds is 5. The van der Waals surface area contributed by atoms with E-state index in [9.17, 15) is 0 Å². The summed E-state index contributed by atoms with van der Waals surface area (Å²) in [7, 11) is 0. The summed E-state index contributed by atoms with van der Waals surface area (Å²) in [5.41, 5.74) is 3.42. The van der Waals surface area contributed by atoms with Gasteiger partial charge in [-0.2, -0.15) is 4.98 Å². The summed E-state index contributed by atoms with van der Waals surface area (Å²) >= 11 is 0. The van der Waals surface area contributed by atoms with E-state index in [0.717, 1.165) is 55.9 Å². The van der Waals surface area contributed by atoms with Crippen molar-refractivity contribution in [2.24, 2.45) is 0 Å². The van der Waals surface area contributed by atoms with Gasteiger partial charge in [-0.1, -0.05) is 36.4 Å². The third kappa shape index (κ3) is 3.93. The molecule has 0 amide bonds. The number of piperazine rings is 1. The molecule has 0 unspecified atom stereocenters. The van der Waals surface area contributed by atoms with Crippen molar-refractivity contribution in [3.63, 3.8) is 0 Å². The third-order valence-electron chi connectivity index (χ3n) is 5.18. The van der Waals surface area contributed by atoms with E-state index < -0.39 is 0 Å². The van der Waals surface area contributed by atoms with Gasteiger partial charge < -0.3 is 14.7 Å². The normalized spacial score (nSPS) is 14.2. The lowest BCUT2D eigenvalue weighted by molar-refractivity contribution is 0.646. The summed E-state index contributed by atoms with van der Waals surface area (Å²) in [5, 5.41) is 0. The first-order chi connectivity index (χ1) is 13.7. The lowest BCUT2D eigenvalue weighted by Gasteiger charge is -2.37. The molecule has 5 nitrogen and oxygen atoms in total. The molecule has 4 rings (SSSR count). The standard InChI is InChI=1S/C23H27N5/c1-3-28(21-12-8-5-9-13-21)23-24-19(2)18-22(25-23)27-16-14-26(15-17-27)20-10-6-4-7-11-20/h4-13,18H,3,14-17H2,1-2H3. The molecule has 5 heteroatoms. The van der Waals surface area contributed by atoms with Crippen LogP contribution < -0.4 is 14.7 Å². The monoisotopic (exact) mass is 373 g/mol. The van der Waals surface area contributed by atoms with Gasteiger partial charge in [0.2, 0.25) is 5.95 Å². The molecule has 1 aliphatic heterocycles. The maximum atomic E-state index is 4.92. The Labute approximate surface area is 167 Å². The van der Waals surface area contributed by atoms with Crippen LogP contribution in [0.15, 0.2) is 66.7 Å². The number of anilines is 4. The molecule has 1 saturated heterocycles. The summed E-state index contributed by atoms with van der Waals surface area (Å²) in [4.78, 5) is 16.6. The van der Waals surface area contributed by atoms with Gasteiger partial charge in [-0.3, -0.25) is 0 Å². The van der Waals surface area contributed by atoms with Crippen LogP contribution in [0.4, 0.5) is 23.1 Å². The fourth-order valence-electron chi connectivity index (χ4n) is 3.70. The Morgan fingerprint density at radius 3 is 2.07 bits per heavy atom. The van der Waals surface area contributed by atoms with Gasteiger partial charge in [-0.15, -0.1) is 0 Å².